The molecule has 20 heavy (non-hydrogen) atoms. The fourth-order valence-corrected chi connectivity index (χ4v) is 2.24. The van der Waals surface area contributed by atoms with E-state index in [1.807, 2.05) is 6.92 Å². The molecule has 0 saturated heterocycles. The summed E-state index contributed by atoms with van der Waals surface area (Å²) >= 11 is 0. The van der Waals surface area contributed by atoms with E-state index in [0.29, 0.717) is 5.56 Å². The Kier molecular flexibility index (Phi) is 3.87. The van der Waals surface area contributed by atoms with Gasteiger partial charge in [-0.2, -0.15) is 5.10 Å². The molecule has 0 bridgehead atoms. The summed E-state index contributed by atoms with van der Waals surface area (Å²) in [6, 6.07) is 3.56. The summed E-state index contributed by atoms with van der Waals surface area (Å²) in [6.07, 6.45) is 6.21. The molecule has 2 unspecified atom stereocenters. The number of hydrogen-bond donors (Lipinski definition) is 2. The van der Waals surface area contributed by atoms with Crippen LogP contribution in [-0.2, 0) is 12.1 Å². The minimum absolute atomic E-state index is 0.198. The highest BCUT2D eigenvalue weighted by Crippen LogP contribution is 2.37. The molecule has 2 atom stereocenters. The lowest BCUT2D eigenvalue weighted by Crippen LogP contribution is -2.48. The first-order valence-corrected chi connectivity index (χ1v) is 6.51. The van der Waals surface area contributed by atoms with E-state index in [4.69, 9.17) is 0 Å². The number of rotatable bonds is 5. The molecule has 0 saturated carbocycles. The zero-order chi connectivity index (χ0) is 14.8. The number of aliphatic hydroxyl groups is 2. The second kappa shape index (κ2) is 5.30. The summed E-state index contributed by atoms with van der Waals surface area (Å²) in [4.78, 5) is 7.94. The van der Waals surface area contributed by atoms with Crippen LogP contribution in [0.5, 0.6) is 0 Å². The van der Waals surface area contributed by atoms with Crippen molar-refractivity contribution < 1.29 is 10.2 Å². The molecule has 2 heterocycles. The maximum Gasteiger partial charge on any atom is 0.137 e. The van der Waals surface area contributed by atoms with Crippen molar-refractivity contribution in [1.29, 1.82) is 0 Å². The largest absolute Gasteiger partial charge is 0.390 e. The SMILES string of the molecule is CC(C(C)(C)O)C(O)(Cn1cncn1)c1cccnc1. The van der Waals surface area contributed by atoms with Crippen LogP contribution in [0.1, 0.15) is 26.3 Å². The van der Waals surface area contributed by atoms with E-state index in [1.165, 1.54) is 6.33 Å². The molecule has 0 spiro atoms. The average Bonchev–Trinajstić information content (AvgIpc) is 2.90. The molecular formula is C14H20N4O2. The van der Waals surface area contributed by atoms with Crippen molar-refractivity contribution in [3.05, 3.63) is 42.7 Å². The molecule has 0 amide bonds. The van der Waals surface area contributed by atoms with Crippen LogP contribution < -0.4 is 0 Å². The van der Waals surface area contributed by atoms with Gasteiger partial charge in [0.1, 0.15) is 18.3 Å². The molecule has 2 aromatic rings. The topological polar surface area (TPSA) is 84.1 Å². The van der Waals surface area contributed by atoms with Gasteiger partial charge in [-0.05, 0) is 19.9 Å². The van der Waals surface area contributed by atoms with E-state index in [2.05, 4.69) is 15.1 Å². The molecule has 0 aliphatic carbocycles. The quantitative estimate of drug-likeness (QED) is 0.850. The van der Waals surface area contributed by atoms with Crippen molar-refractivity contribution in [2.24, 2.45) is 5.92 Å². The molecule has 2 aromatic heterocycles. The molecule has 2 N–H and O–H groups in total. The Hall–Kier alpha value is -1.79. The highest BCUT2D eigenvalue weighted by Gasteiger charge is 2.43. The Balaban J connectivity index is 2.43. The van der Waals surface area contributed by atoms with E-state index in [9.17, 15) is 10.2 Å². The summed E-state index contributed by atoms with van der Waals surface area (Å²) in [5.74, 6) is -0.427. The van der Waals surface area contributed by atoms with Gasteiger partial charge in [0.15, 0.2) is 0 Å². The van der Waals surface area contributed by atoms with Gasteiger partial charge in [-0.1, -0.05) is 13.0 Å². The molecule has 0 aromatic carbocycles. The first-order valence-electron chi connectivity index (χ1n) is 6.51. The predicted molar refractivity (Wildman–Crippen MR) is 73.6 cm³/mol. The summed E-state index contributed by atoms with van der Waals surface area (Å²) in [7, 11) is 0. The molecule has 0 aliphatic heterocycles. The minimum atomic E-state index is -1.29. The Morgan fingerprint density at radius 3 is 2.55 bits per heavy atom. The van der Waals surface area contributed by atoms with Gasteiger partial charge in [-0.15, -0.1) is 0 Å². The Labute approximate surface area is 118 Å². The second-order valence-corrected chi connectivity index (χ2v) is 5.63. The van der Waals surface area contributed by atoms with Gasteiger partial charge < -0.3 is 10.2 Å². The van der Waals surface area contributed by atoms with Crippen LogP contribution in [0, 0.1) is 5.92 Å². The van der Waals surface area contributed by atoms with E-state index >= 15 is 0 Å². The van der Waals surface area contributed by atoms with Crippen molar-refractivity contribution in [3.8, 4) is 0 Å². The zero-order valence-corrected chi connectivity index (χ0v) is 11.9. The predicted octanol–water partition coefficient (Wildman–Crippen LogP) is 0.968. The van der Waals surface area contributed by atoms with Crippen molar-refractivity contribution in [3.63, 3.8) is 0 Å². The molecule has 0 fully saturated rings. The lowest BCUT2D eigenvalue weighted by molar-refractivity contribution is -0.117. The van der Waals surface area contributed by atoms with Crippen molar-refractivity contribution in [2.75, 3.05) is 0 Å². The summed E-state index contributed by atoms with van der Waals surface area (Å²) < 4.78 is 1.55. The third kappa shape index (κ3) is 2.86. The maximum absolute atomic E-state index is 11.2. The smallest absolute Gasteiger partial charge is 0.137 e. The van der Waals surface area contributed by atoms with E-state index in [1.54, 1.807) is 49.4 Å². The monoisotopic (exact) mass is 276 g/mol. The first-order chi connectivity index (χ1) is 9.34. The van der Waals surface area contributed by atoms with E-state index in [-0.39, 0.29) is 6.54 Å². The Morgan fingerprint density at radius 2 is 2.05 bits per heavy atom. The van der Waals surface area contributed by atoms with Crippen LogP contribution in [0.3, 0.4) is 0 Å². The first kappa shape index (κ1) is 14.6. The van der Waals surface area contributed by atoms with Crippen LogP contribution in [0.2, 0.25) is 0 Å². The third-order valence-electron chi connectivity index (χ3n) is 3.81. The average molecular weight is 276 g/mol. The van der Waals surface area contributed by atoms with Gasteiger partial charge in [-0.3, -0.25) is 4.98 Å². The van der Waals surface area contributed by atoms with Crippen LogP contribution in [-0.4, -0.2) is 35.6 Å². The van der Waals surface area contributed by atoms with Gasteiger partial charge in [-0.25, -0.2) is 9.67 Å². The van der Waals surface area contributed by atoms with E-state index in [0.717, 1.165) is 0 Å². The summed E-state index contributed by atoms with van der Waals surface area (Å²) in [5.41, 5.74) is -1.70. The molecule has 6 nitrogen and oxygen atoms in total. The molecule has 0 aliphatic rings. The highest BCUT2D eigenvalue weighted by molar-refractivity contribution is 5.20. The Bertz CT molecular complexity index is 536. The second-order valence-electron chi connectivity index (χ2n) is 5.63. The van der Waals surface area contributed by atoms with Crippen molar-refractivity contribution in [1.82, 2.24) is 19.7 Å². The molecule has 108 valence electrons. The fraction of sp³-hybridized carbons (Fsp3) is 0.500. The Morgan fingerprint density at radius 1 is 1.30 bits per heavy atom. The van der Waals surface area contributed by atoms with Crippen LogP contribution in [0.4, 0.5) is 0 Å². The number of pyridine rings is 1. The molecule has 6 heteroatoms. The zero-order valence-electron chi connectivity index (χ0n) is 11.9. The molecule has 0 radical (unpaired) electrons. The van der Waals surface area contributed by atoms with Crippen molar-refractivity contribution >= 4 is 0 Å². The van der Waals surface area contributed by atoms with E-state index < -0.39 is 17.1 Å². The minimum Gasteiger partial charge on any atom is -0.390 e. The molecule has 2 rings (SSSR count). The van der Waals surface area contributed by atoms with Gasteiger partial charge in [0.25, 0.3) is 0 Å². The lowest BCUT2D eigenvalue weighted by Gasteiger charge is -2.40. The van der Waals surface area contributed by atoms with Crippen LogP contribution in [0.15, 0.2) is 37.2 Å². The van der Waals surface area contributed by atoms with Gasteiger partial charge in [0.2, 0.25) is 0 Å². The number of hydrogen-bond acceptors (Lipinski definition) is 5. The van der Waals surface area contributed by atoms with Crippen molar-refractivity contribution in [2.45, 2.75) is 38.5 Å². The van der Waals surface area contributed by atoms with Gasteiger partial charge >= 0.3 is 0 Å². The summed E-state index contributed by atoms with van der Waals surface area (Å²) in [5, 5.41) is 25.5. The highest BCUT2D eigenvalue weighted by atomic mass is 16.3. The van der Waals surface area contributed by atoms with Crippen LogP contribution in [0.25, 0.3) is 0 Å². The van der Waals surface area contributed by atoms with Gasteiger partial charge in [0, 0.05) is 23.9 Å². The number of aromatic nitrogens is 4. The standard InChI is InChI=1S/C14H20N4O2/c1-11(13(2,3)19)14(20,8-18-10-16-9-17-18)12-5-4-6-15-7-12/h4-7,9-11,19-20H,8H2,1-3H3. The molecular weight excluding hydrogens is 256 g/mol. The normalized spacial score (nSPS) is 16.6. The third-order valence-corrected chi connectivity index (χ3v) is 3.81. The van der Waals surface area contributed by atoms with Gasteiger partial charge in [0.05, 0.1) is 12.1 Å². The fourth-order valence-electron chi connectivity index (χ4n) is 2.24. The summed E-state index contributed by atoms with van der Waals surface area (Å²) in [6.45, 7) is 5.37. The number of nitrogens with zero attached hydrogens (tertiary/aromatic N) is 4. The maximum atomic E-state index is 11.2. The van der Waals surface area contributed by atoms with Crippen LogP contribution >= 0.6 is 0 Å². The lowest BCUT2D eigenvalue weighted by atomic mass is 9.74.